The van der Waals surface area contributed by atoms with Crippen LogP contribution in [0.2, 0.25) is 5.02 Å². The molecule has 0 spiro atoms. The maximum absolute atomic E-state index is 13.0. The van der Waals surface area contributed by atoms with Crippen LogP contribution in [0.15, 0.2) is 128 Å². The Hall–Kier alpha value is -6.14. The average Bonchev–Trinajstić information content (AvgIpc) is 3.61. The maximum atomic E-state index is 13.0. The van der Waals surface area contributed by atoms with Gasteiger partial charge in [-0.15, -0.1) is 13.2 Å². The molecule has 1 amide bonds. The van der Waals surface area contributed by atoms with Gasteiger partial charge in [-0.1, -0.05) is 85.3 Å². The number of fused-ring (bicyclic) bond motifs is 2. The lowest BCUT2D eigenvalue weighted by molar-refractivity contribution is -0.274. The number of carbonyl (C=O) groups is 1. The molecule has 0 radical (unpaired) electrons. The third kappa shape index (κ3) is 10.2. The van der Waals surface area contributed by atoms with Gasteiger partial charge in [0.2, 0.25) is 0 Å². The van der Waals surface area contributed by atoms with Gasteiger partial charge in [-0.3, -0.25) is 9.20 Å². The van der Waals surface area contributed by atoms with Crippen molar-refractivity contribution in [1.82, 2.24) is 24.7 Å². The molecule has 13 heteroatoms. The molecule has 298 valence electrons. The summed E-state index contributed by atoms with van der Waals surface area (Å²) >= 11 is 6.14. The molecule has 0 unspecified atom stereocenters. The number of nitrogens with zero attached hydrogens (tertiary/aromatic N) is 5. The third-order valence-electron chi connectivity index (χ3n) is 10.1. The molecule has 1 saturated heterocycles. The number of aryl methyl sites for hydroxylation is 1. The Bertz CT molecular complexity index is 2430. The number of hydrogen-bond acceptors (Lipinski definition) is 7. The van der Waals surface area contributed by atoms with Crippen LogP contribution in [0.3, 0.4) is 0 Å². The number of aromatic nitrogens is 4. The second-order valence-corrected chi connectivity index (χ2v) is 14.4. The summed E-state index contributed by atoms with van der Waals surface area (Å²) in [4.78, 5) is 28.5. The van der Waals surface area contributed by atoms with E-state index < -0.39 is 6.36 Å². The van der Waals surface area contributed by atoms with Crippen molar-refractivity contribution in [1.29, 1.82) is 0 Å². The molecule has 0 aliphatic carbocycles. The van der Waals surface area contributed by atoms with E-state index in [9.17, 15) is 18.0 Å². The number of imidazole rings is 1. The summed E-state index contributed by atoms with van der Waals surface area (Å²) in [6, 6.07) is 36.3. The highest BCUT2D eigenvalue weighted by Crippen LogP contribution is 2.32. The van der Waals surface area contributed by atoms with Gasteiger partial charge in [-0.25, -0.2) is 15.0 Å². The van der Waals surface area contributed by atoms with Crippen molar-refractivity contribution < 1.29 is 22.7 Å². The molecule has 3 aromatic heterocycles. The molecule has 0 atom stereocenters. The van der Waals surface area contributed by atoms with E-state index in [4.69, 9.17) is 11.6 Å². The van der Waals surface area contributed by atoms with Crippen molar-refractivity contribution in [2.75, 3.05) is 29.9 Å². The lowest BCUT2D eigenvalue weighted by atomic mass is 9.89. The third-order valence-corrected chi connectivity index (χ3v) is 10.4. The summed E-state index contributed by atoms with van der Waals surface area (Å²) < 4.78 is 42.9. The number of ether oxygens (including phenoxy) is 1. The van der Waals surface area contributed by atoms with Crippen LogP contribution in [0.5, 0.6) is 5.75 Å². The highest BCUT2D eigenvalue weighted by Gasteiger charge is 2.31. The van der Waals surface area contributed by atoms with E-state index in [1.165, 1.54) is 17.7 Å². The molecular formula is C45H43ClF3N7O2. The first-order chi connectivity index (χ1) is 28.1. The van der Waals surface area contributed by atoms with E-state index in [2.05, 4.69) is 71.6 Å². The van der Waals surface area contributed by atoms with Gasteiger partial charge in [0.1, 0.15) is 29.2 Å². The molecule has 2 N–H and O–H groups in total. The Morgan fingerprint density at radius 3 is 2.31 bits per heavy atom. The number of piperidine rings is 1. The molecule has 4 heterocycles. The predicted octanol–water partition coefficient (Wildman–Crippen LogP) is 10.0. The molecule has 1 fully saturated rings. The standard InChI is InChI=1S/C29H28ClF3N4O2.C16H15N3/c1-2-25-27(37-18-22(30)7-12-26(37)35-25)28(38)34-17-19-3-8-23(9-4-19)36-15-13-21(14-16-36)20-5-10-24(11-6-20)39-29(31,32)33;1-2-6-13(7-3-1)10-11-17-16-14-8-4-5-9-15(14)18-12-19-16/h3-12,18,21H,2,13-17H2,1H3,(H,34,38);1-9,12H,10-11H2,(H,17,18,19). The number of rotatable bonds is 11. The Labute approximate surface area is 339 Å². The van der Waals surface area contributed by atoms with Gasteiger partial charge in [0.25, 0.3) is 5.91 Å². The fourth-order valence-electron chi connectivity index (χ4n) is 7.17. The molecule has 7 aromatic rings. The molecule has 0 saturated carbocycles. The largest absolute Gasteiger partial charge is 0.573 e. The Morgan fingerprint density at radius 2 is 1.59 bits per heavy atom. The quantitative estimate of drug-likeness (QED) is 0.134. The fraction of sp³-hybridized carbons (Fsp3) is 0.244. The minimum Gasteiger partial charge on any atom is -0.406 e. The van der Waals surface area contributed by atoms with Crippen LogP contribution >= 0.6 is 11.6 Å². The molecule has 8 rings (SSSR count). The SMILES string of the molecule is CCc1nc2ccc(Cl)cn2c1C(=O)NCc1ccc(N2CCC(c3ccc(OC(F)(F)F)cc3)CC2)cc1.c1ccc(CCNc2ncnc3ccccc23)cc1. The van der Waals surface area contributed by atoms with Crippen LogP contribution in [0.4, 0.5) is 24.7 Å². The number of benzene rings is 4. The van der Waals surface area contributed by atoms with Crippen LogP contribution < -0.4 is 20.3 Å². The zero-order valence-corrected chi connectivity index (χ0v) is 32.7. The van der Waals surface area contributed by atoms with Gasteiger partial charge in [-0.05, 0) is 96.8 Å². The summed E-state index contributed by atoms with van der Waals surface area (Å²) in [6.45, 7) is 4.90. The highest BCUT2D eigenvalue weighted by molar-refractivity contribution is 6.30. The lowest BCUT2D eigenvalue weighted by Crippen LogP contribution is -2.32. The summed E-state index contributed by atoms with van der Waals surface area (Å²) in [5.74, 6) is 0.791. The molecular weight excluding hydrogens is 763 g/mol. The van der Waals surface area contributed by atoms with Crippen LogP contribution in [0, 0.1) is 0 Å². The fourth-order valence-corrected chi connectivity index (χ4v) is 7.33. The monoisotopic (exact) mass is 805 g/mol. The summed E-state index contributed by atoms with van der Waals surface area (Å²) in [6.07, 6.45) is 2.04. The van der Waals surface area contributed by atoms with Gasteiger partial charge in [-0.2, -0.15) is 0 Å². The zero-order valence-electron chi connectivity index (χ0n) is 31.9. The van der Waals surface area contributed by atoms with E-state index in [1.54, 1.807) is 41.2 Å². The van der Waals surface area contributed by atoms with Gasteiger partial charge < -0.3 is 20.3 Å². The number of alkyl halides is 3. The smallest absolute Gasteiger partial charge is 0.406 e. The number of hydrogen-bond donors (Lipinski definition) is 2. The predicted molar refractivity (Wildman–Crippen MR) is 223 cm³/mol. The zero-order chi connectivity index (χ0) is 40.5. The average molecular weight is 806 g/mol. The Kier molecular flexibility index (Phi) is 12.7. The van der Waals surface area contributed by atoms with Gasteiger partial charge in [0.15, 0.2) is 0 Å². The van der Waals surface area contributed by atoms with E-state index in [-0.39, 0.29) is 17.6 Å². The van der Waals surface area contributed by atoms with Crippen LogP contribution in [0.1, 0.15) is 58.6 Å². The van der Waals surface area contributed by atoms with Crippen molar-refractivity contribution in [2.24, 2.45) is 0 Å². The first kappa shape index (κ1) is 40.1. The lowest BCUT2D eigenvalue weighted by Gasteiger charge is -2.34. The van der Waals surface area contributed by atoms with Crippen LogP contribution in [-0.2, 0) is 19.4 Å². The van der Waals surface area contributed by atoms with Crippen molar-refractivity contribution in [3.05, 3.63) is 161 Å². The summed E-state index contributed by atoms with van der Waals surface area (Å²) in [5, 5.41) is 7.98. The van der Waals surface area contributed by atoms with Gasteiger partial charge >= 0.3 is 6.36 Å². The van der Waals surface area contributed by atoms with E-state index in [1.807, 2.05) is 49.4 Å². The molecule has 58 heavy (non-hydrogen) atoms. The van der Waals surface area contributed by atoms with Crippen molar-refractivity contribution in [3.8, 4) is 5.75 Å². The number of para-hydroxylation sites is 1. The Morgan fingerprint density at radius 1 is 0.862 bits per heavy atom. The minimum absolute atomic E-state index is 0.200. The molecule has 9 nitrogen and oxygen atoms in total. The van der Waals surface area contributed by atoms with Crippen LogP contribution in [-0.4, -0.2) is 51.3 Å². The second kappa shape index (κ2) is 18.4. The highest BCUT2D eigenvalue weighted by atomic mass is 35.5. The van der Waals surface area contributed by atoms with Crippen molar-refractivity contribution in [2.45, 2.75) is 51.4 Å². The number of pyridine rings is 1. The number of halogens is 4. The number of anilines is 2. The van der Waals surface area contributed by atoms with E-state index >= 15 is 0 Å². The number of amides is 1. The van der Waals surface area contributed by atoms with E-state index in [0.717, 1.165) is 78.1 Å². The molecule has 0 bridgehead atoms. The van der Waals surface area contributed by atoms with Crippen molar-refractivity contribution in [3.63, 3.8) is 0 Å². The topological polar surface area (TPSA) is 96.7 Å². The normalized spacial score (nSPS) is 13.2. The maximum Gasteiger partial charge on any atom is 0.573 e. The molecule has 1 aliphatic rings. The first-order valence-corrected chi connectivity index (χ1v) is 19.6. The van der Waals surface area contributed by atoms with Gasteiger partial charge in [0, 0.05) is 43.4 Å². The number of nitrogens with one attached hydrogen (secondary N) is 2. The van der Waals surface area contributed by atoms with Crippen LogP contribution in [0.25, 0.3) is 16.6 Å². The summed E-state index contributed by atoms with van der Waals surface area (Å²) in [5.41, 5.74) is 7.30. The number of carbonyl (C=O) groups excluding carboxylic acids is 1. The van der Waals surface area contributed by atoms with Gasteiger partial charge in [0.05, 0.1) is 16.2 Å². The summed E-state index contributed by atoms with van der Waals surface area (Å²) in [7, 11) is 0. The van der Waals surface area contributed by atoms with Crippen molar-refractivity contribution >= 4 is 45.6 Å². The molecule has 1 aliphatic heterocycles. The second-order valence-electron chi connectivity index (χ2n) is 14.0. The molecule has 4 aromatic carbocycles. The Balaban J connectivity index is 0.000000224. The first-order valence-electron chi connectivity index (χ1n) is 19.3. The minimum atomic E-state index is -4.68. The van der Waals surface area contributed by atoms with E-state index in [0.29, 0.717) is 29.3 Å².